The highest BCUT2D eigenvalue weighted by Crippen LogP contribution is 2.27. The molecule has 0 aliphatic rings. The van der Waals surface area contributed by atoms with Gasteiger partial charge in [0.15, 0.2) is 0 Å². The number of carboxylic acids is 1. The summed E-state index contributed by atoms with van der Waals surface area (Å²) in [5.74, 6) is -0.838. The van der Waals surface area contributed by atoms with Crippen molar-refractivity contribution in [2.45, 2.75) is 45.1 Å². The summed E-state index contributed by atoms with van der Waals surface area (Å²) in [6.07, 6.45) is 3.75. The summed E-state index contributed by atoms with van der Waals surface area (Å²) in [5.41, 5.74) is 6.40. The average Bonchev–Trinajstić information content (AvgIpc) is 2.48. The Morgan fingerprint density at radius 2 is 2.09 bits per heavy atom. The van der Waals surface area contributed by atoms with Crippen molar-refractivity contribution >= 4 is 51.5 Å². The Bertz CT molecular complexity index is 511. The molecular formula is C16H23IN2O2S. The molecule has 1 unspecified atom stereocenters. The van der Waals surface area contributed by atoms with Gasteiger partial charge in [0.05, 0.1) is 10.7 Å². The lowest BCUT2D eigenvalue weighted by Crippen LogP contribution is -2.45. The molecule has 22 heavy (non-hydrogen) atoms. The topological polar surface area (TPSA) is 66.6 Å². The quantitative estimate of drug-likeness (QED) is 0.352. The minimum atomic E-state index is -0.838. The lowest BCUT2D eigenvalue weighted by Gasteiger charge is -2.32. The first kappa shape index (κ1) is 19.3. The molecule has 0 bridgehead atoms. The molecule has 4 nitrogen and oxygen atoms in total. The fourth-order valence-electron chi connectivity index (χ4n) is 2.30. The van der Waals surface area contributed by atoms with Gasteiger partial charge in [-0.1, -0.05) is 31.3 Å². The van der Waals surface area contributed by atoms with Crippen LogP contribution in [0.4, 0.5) is 5.69 Å². The molecule has 1 atom stereocenters. The molecule has 3 N–H and O–H groups in total. The van der Waals surface area contributed by atoms with Gasteiger partial charge in [0.25, 0.3) is 0 Å². The van der Waals surface area contributed by atoms with E-state index in [0.717, 1.165) is 28.5 Å². The van der Waals surface area contributed by atoms with Crippen LogP contribution in [0.25, 0.3) is 0 Å². The molecule has 1 rings (SSSR count). The number of unbranched alkanes of at least 4 members (excludes halogenated alkanes) is 1. The van der Waals surface area contributed by atoms with Gasteiger partial charge in [0.2, 0.25) is 0 Å². The number of para-hydroxylation sites is 1. The van der Waals surface area contributed by atoms with Crippen molar-refractivity contribution in [1.29, 1.82) is 0 Å². The van der Waals surface area contributed by atoms with Crippen LogP contribution in [-0.4, -0.2) is 28.7 Å². The van der Waals surface area contributed by atoms with Gasteiger partial charge in [-0.3, -0.25) is 0 Å². The van der Waals surface area contributed by atoms with Crippen LogP contribution >= 0.6 is 34.8 Å². The predicted octanol–water partition coefficient (Wildman–Crippen LogP) is 3.81. The Hall–Kier alpha value is -0.730. The maximum atomic E-state index is 11.8. The van der Waals surface area contributed by atoms with Gasteiger partial charge in [-0.2, -0.15) is 0 Å². The maximum Gasteiger partial charge on any atom is 0.326 e. The van der Waals surface area contributed by atoms with Gasteiger partial charge in [0.1, 0.15) is 6.04 Å². The predicted molar refractivity (Wildman–Crippen MR) is 103 cm³/mol. The van der Waals surface area contributed by atoms with E-state index in [1.807, 2.05) is 36.1 Å². The SMILES string of the molecule is CCCC(=S)N(c1ccccc1I)C(CCCCN)C(=O)O. The first-order chi connectivity index (χ1) is 10.5. The molecule has 0 aliphatic heterocycles. The third-order valence-corrected chi connectivity index (χ3v) is 4.69. The van der Waals surface area contributed by atoms with Crippen molar-refractivity contribution in [3.05, 3.63) is 27.8 Å². The summed E-state index contributed by atoms with van der Waals surface area (Å²) in [5, 5.41) is 9.68. The molecule has 6 heteroatoms. The molecule has 0 spiro atoms. The van der Waals surface area contributed by atoms with Crippen LogP contribution in [0.3, 0.4) is 0 Å². The number of anilines is 1. The number of rotatable bonds is 9. The van der Waals surface area contributed by atoms with Gasteiger partial charge in [0, 0.05) is 3.57 Å². The van der Waals surface area contributed by atoms with E-state index >= 15 is 0 Å². The normalized spacial score (nSPS) is 12.0. The largest absolute Gasteiger partial charge is 0.480 e. The highest BCUT2D eigenvalue weighted by Gasteiger charge is 2.29. The highest BCUT2D eigenvalue weighted by atomic mass is 127. The van der Waals surface area contributed by atoms with Crippen molar-refractivity contribution in [1.82, 2.24) is 0 Å². The van der Waals surface area contributed by atoms with E-state index in [0.29, 0.717) is 24.4 Å². The van der Waals surface area contributed by atoms with Crippen LogP contribution in [0.15, 0.2) is 24.3 Å². The lowest BCUT2D eigenvalue weighted by molar-refractivity contribution is -0.138. The molecule has 0 heterocycles. The third-order valence-electron chi connectivity index (χ3n) is 3.37. The van der Waals surface area contributed by atoms with E-state index in [2.05, 4.69) is 22.6 Å². The summed E-state index contributed by atoms with van der Waals surface area (Å²) in [6.45, 7) is 2.62. The standard InChI is InChI=1S/C16H23IN2O2S/c1-2-7-15(22)19(13-9-4-3-8-12(13)17)14(16(20)21)10-5-6-11-18/h3-4,8-9,14H,2,5-7,10-11,18H2,1H3,(H,20,21). The zero-order chi connectivity index (χ0) is 16.5. The fourth-order valence-corrected chi connectivity index (χ4v) is 3.38. The van der Waals surface area contributed by atoms with Gasteiger partial charge >= 0.3 is 5.97 Å². The second-order valence-corrected chi connectivity index (χ2v) is 6.74. The van der Waals surface area contributed by atoms with Gasteiger partial charge in [-0.25, -0.2) is 4.79 Å². The number of hydrogen-bond donors (Lipinski definition) is 2. The van der Waals surface area contributed by atoms with Crippen LogP contribution < -0.4 is 10.6 Å². The van der Waals surface area contributed by atoms with Crippen LogP contribution in [0.5, 0.6) is 0 Å². The lowest BCUT2D eigenvalue weighted by atomic mass is 10.1. The zero-order valence-electron chi connectivity index (χ0n) is 12.8. The fraction of sp³-hybridized carbons (Fsp3) is 0.500. The van der Waals surface area contributed by atoms with Gasteiger partial charge in [-0.05, 0) is 73.4 Å². The van der Waals surface area contributed by atoms with Gasteiger partial charge < -0.3 is 15.7 Å². The van der Waals surface area contributed by atoms with E-state index in [1.54, 1.807) is 0 Å². The molecule has 122 valence electrons. The van der Waals surface area contributed by atoms with E-state index in [-0.39, 0.29) is 0 Å². The van der Waals surface area contributed by atoms with Crippen LogP contribution in [0, 0.1) is 3.57 Å². The number of nitrogens with two attached hydrogens (primary N) is 1. The second-order valence-electron chi connectivity index (χ2n) is 5.10. The minimum Gasteiger partial charge on any atom is -0.480 e. The van der Waals surface area contributed by atoms with Crippen molar-refractivity contribution < 1.29 is 9.90 Å². The molecule has 0 aromatic heterocycles. The Morgan fingerprint density at radius 1 is 1.41 bits per heavy atom. The smallest absolute Gasteiger partial charge is 0.326 e. The number of carbonyl (C=O) groups is 1. The highest BCUT2D eigenvalue weighted by molar-refractivity contribution is 14.1. The Kier molecular flexibility index (Phi) is 8.89. The summed E-state index contributed by atoms with van der Waals surface area (Å²) in [7, 11) is 0. The van der Waals surface area contributed by atoms with Crippen LogP contribution in [0.2, 0.25) is 0 Å². The van der Waals surface area contributed by atoms with E-state index < -0.39 is 12.0 Å². The molecular weight excluding hydrogens is 411 g/mol. The van der Waals surface area contributed by atoms with Crippen LogP contribution in [-0.2, 0) is 4.79 Å². The zero-order valence-corrected chi connectivity index (χ0v) is 15.8. The monoisotopic (exact) mass is 434 g/mol. The number of carboxylic acid groups (broad SMARTS) is 1. The third kappa shape index (κ3) is 5.48. The van der Waals surface area contributed by atoms with Crippen molar-refractivity contribution in [3.8, 4) is 0 Å². The van der Waals surface area contributed by atoms with Crippen molar-refractivity contribution in [2.75, 3.05) is 11.4 Å². The molecule has 0 saturated heterocycles. The van der Waals surface area contributed by atoms with Crippen molar-refractivity contribution in [2.24, 2.45) is 5.73 Å². The molecule has 0 amide bonds. The molecule has 0 saturated carbocycles. The van der Waals surface area contributed by atoms with Gasteiger partial charge in [-0.15, -0.1) is 0 Å². The van der Waals surface area contributed by atoms with E-state index in [9.17, 15) is 9.90 Å². The summed E-state index contributed by atoms with van der Waals surface area (Å²) in [4.78, 5) is 14.3. The summed E-state index contributed by atoms with van der Waals surface area (Å²) >= 11 is 7.75. The van der Waals surface area contributed by atoms with E-state index in [4.69, 9.17) is 18.0 Å². The molecule has 1 aromatic rings. The second kappa shape index (κ2) is 10.1. The molecule has 0 aliphatic carbocycles. The maximum absolute atomic E-state index is 11.8. The first-order valence-corrected chi connectivity index (χ1v) is 9.01. The average molecular weight is 434 g/mol. The number of nitrogens with zero attached hydrogens (tertiary/aromatic N) is 1. The summed E-state index contributed by atoms with van der Waals surface area (Å²) < 4.78 is 1.00. The number of thiocarbonyl (C=S) groups is 1. The summed E-state index contributed by atoms with van der Waals surface area (Å²) in [6, 6.07) is 7.12. The molecule has 1 aromatic carbocycles. The van der Waals surface area contributed by atoms with Crippen LogP contribution in [0.1, 0.15) is 39.0 Å². The number of aliphatic carboxylic acids is 1. The first-order valence-electron chi connectivity index (χ1n) is 7.52. The minimum absolute atomic E-state index is 0.543. The molecule has 0 radical (unpaired) electrons. The number of hydrogen-bond acceptors (Lipinski definition) is 3. The molecule has 0 fully saturated rings. The Morgan fingerprint density at radius 3 is 2.64 bits per heavy atom. The number of halogens is 1. The number of benzene rings is 1. The van der Waals surface area contributed by atoms with E-state index in [1.165, 1.54) is 0 Å². The Labute approximate surface area is 151 Å². The Balaban J connectivity index is 3.13. The van der Waals surface area contributed by atoms with Crippen molar-refractivity contribution in [3.63, 3.8) is 0 Å².